The molecule has 1 aromatic carbocycles. The summed E-state index contributed by atoms with van der Waals surface area (Å²) in [6.07, 6.45) is 2.44. The number of carbonyl (C=O) groups excluding carboxylic acids is 1. The van der Waals surface area contributed by atoms with E-state index < -0.39 is 6.04 Å². The zero-order valence-corrected chi connectivity index (χ0v) is 17.4. The molecule has 1 N–H and O–H groups in total. The van der Waals surface area contributed by atoms with Crippen molar-refractivity contribution < 1.29 is 9.18 Å². The summed E-state index contributed by atoms with van der Waals surface area (Å²) >= 11 is 3.49. The maximum Gasteiger partial charge on any atom is 0.277 e. The molecule has 7 heteroatoms. The summed E-state index contributed by atoms with van der Waals surface area (Å²) < 4.78 is 14.4. The molecule has 1 unspecified atom stereocenters. The maximum atomic E-state index is 13.7. The summed E-state index contributed by atoms with van der Waals surface area (Å²) in [5, 5.41) is 7.36. The van der Waals surface area contributed by atoms with Crippen molar-refractivity contribution in [2.75, 3.05) is 4.90 Å². The van der Waals surface area contributed by atoms with E-state index in [0.29, 0.717) is 16.1 Å². The van der Waals surface area contributed by atoms with E-state index in [1.165, 1.54) is 12.1 Å². The number of rotatable bonds is 4. The Kier molecular flexibility index (Phi) is 4.79. The summed E-state index contributed by atoms with van der Waals surface area (Å²) in [5.74, 6) is -0.0950. The lowest BCUT2D eigenvalue weighted by atomic mass is 9.95. The van der Waals surface area contributed by atoms with Crippen LogP contribution >= 0.6 is 15.9 Å². The van der Waals surface area contributed by atoms with Crippen LogP contribution < -0.4 is 4.90 Å². The van der Waals surface area contributed by atoms with Gasteiger partial charge in [0.1, 0.15) is 11.5 Å². The van der Waals surface area contributed by atoms with Gasteiger partial charge in [0.05, 0.1) is 11.7 Å². The highest BCUT2D eigenvalue weighted by molar-refractivity contribution is 9.10. The molecule has 0 bridgehead atoms. The van der Waals surface area contributed by atoms with Gasteiger partial charge in [-0.15, -0.1) is 0 Å². The Morgan fingerprint density at radius 1 is 1.29 bits per heavy atom. The molecule has 0 spiro atoms. The summed E-state index contributed by atoms with van der Waals surface area (Å²) in [6.45, 7) is 6.12. The number of carbonyl (C=O) groups is 1. The van der Waals surface area contributed by atoms with E-state index in [0.717, 1.165) is 34.6 Å². The minimum absolute atomic E-state index is 0.149. The summed E-state index contributed by atoms with van der Waals surface area (Å²) in [6, 6.07) is 7.86. The van der Waals surface area contributed by atoms with E-state index in [2.05, 4.69) is 45.0 Å². The number of nitrogens with one attached hydrogen (secondary N) is 1. The van der Waals surface area contributed by atoms with Gasteiger partial charge < -0.3 is 0 Å². The van der Waals surface area contributed by atoms with Gasteiger partial charge in [0.25, 0.3) is 5.91 Å². The number of anilines is 1. The monoisotopic (exact) mass is 442 g/mol. The van der Waals surface area contributed by atoms with Crippen molar-refractivity contribution in [3.05, 3.63) is 75.0 Å². The molecule has 1 amide bonds. The van der Waals surface area contributed by atoms with Crippen LogP contribution in [0.2, 0.25) is 0 Å². The summed E-state index contributed by atoms with van der Waals surface area (Å²) in [7, 11) is 0. The molecule has 4 rings (SSSR count). The fourth-order valence-electron chi connectivity index (χ4n) is 3.72. The molecule has 2 aromatic heterocycles. The molecule has 0 aliphatic carbocycles. The second kappa shape index (κ2) is 7.13. The Hall–Kier alpha value is -2.54. The molecule has 5 nitrogen and oxygen atoms in total. The van der Waals surface area contributed by atoms with Crippen molar-refractivity contribution in [3.63, 3.8) is 0 Å². The van der Waals surface area contributed by atoms with E-state index in [1.807, 2.05) is 19.1 Å². The third-order valence-electron chi connectivity index (χ3n) is 4.86. The number of pyridine rings is 1. The van der Waals surface area contributed by atoms with Crippen molar-refractivity contribution >= 4 is 27.5 Å². The van der Waals surface area contributed by atoms with Gasteiger partial charge in [-0.3, -0.25) is 19.8 Å². The molecule has 28 heavy (non-hydrogen) atoms. The Morgan fingerprint density at radius 3 is 2.75 bits per heavy atom. The van der Waals surface area contributed by atoms with Crippen LogP contribution in [0.25, 0.3) is 0 Å². The molecule has 0 radical (unpaired) electrons. The van der Waals surface area contributed by atoms with Crippen LogP contribution in [-0.4, -0.2) is 21.1 Å². The standard InChI is InChI=1S/C21H20BrFN4O/c1-11(2)8-17-18-19(26-25-17)21(28)27(14-6-7-24-12(3)9-14)20(18)15-5-4-13(23)10-16(15)22/h4-7,9-11,20H,8H2,1-3H3,(H,25,26). The molecule has 144 valence electrons. The van der Waals surface area contributed by atoms with Crippen LogP contribution in [0.1, 0.15) is 52.9 Å². The number of hydrogen-bond donors (Lipinski definition) is 1. The van der Waals surface area contributed by atoms with Crippen LogP contribution in [0.4, 0.5) is 10.1 Å². The molecule has 0 fully saturated rings. The molecule has 0 saturated carbocycles. The van der Waals surface area contributed by atoms with Crippen molar-refractivity contribution in [2.45, 2.75) is 33.2 Å². The number of aryl methyl sites for hydroxylation is 1. The van der Waals surface area contributed by atoms with Crippen LogP contribution in [-0.2, 0) is 6.42 Å². The van der Waals surface area contributed by atoms with Gasteiger partial charge >= 0.3 is 0 Å². The van der Waals surface area contributed by atoms with E-state index >= 15 is 0 Å². The van der Waals surface area contributed by atoms with Gasteiger partial charge in [-0.05, 0) is 49.1 Å². The van der Waals surface area contributed by atoms with Crippen molar-refractivity contribution in [2.24, 2.45) is 5.92 Å². The van der Waals surface area contributed by atoms with Gasteiger partial charge in [0, 0.05) is 27.6 Å². The lowest BCUT2D eigenvalue weighted by molar-refractivity contribution is 0.0988. The first-order chi connectivity index (χ1) is 13.4. The molecule has 1 aliphatic rings. The summed E-state index contributed by atoms with van der Waals surface area (Å²) in [5.41, 5.74) is 4.60. The first-order valence-corrected chi connectivity index (χ1v) is 9.94. The van der Waals surface area contributed by atoms with Crippen molar-refractivity contribution in [1.82, 2.24) is 15.2 Å². The van der Waals surface area contributed by atoms with Gasteiger partial charge in [0.2, 0.25) is 0 Å². The Labute approximate surface area is 171 Å². The Morgan fingerprint density at radius 2 is 2.07 bits per heavy atom. The molecule has 1 aliphatic heterocycles. The molecule has 3 aromatic rings. The molecule has 1 atom stereocenters. The van der Waals surface area contributed by atoms with Crippen LogP contribution in [0.5, 0.6) is 0 Å². The highest BCUT2D eigenvalue weighted by atomic mass is 79.9. The van der Waals surface area contributed by atoms with Gasteiger partial charge in [0.15, 0.2) is 0 Å². The number of hydrogen-bond acceptors (Lipinski definition) is 3. The highest BCUT2D eigenvalue weighted by Gasteiger charge is 2.43. The first kappa shape index (κ1) is 18.8. The number of aromatic nitrogens is 3. The van der Waals surface area contributed by atoms with Crippen LogP contribution in [0, 0.1) is 18.7 Å². The maximum absolute atomic E-state index is 13.7. The Bertz CT molecular complexity index is 1060. The Balaban J connectivity index is 1.93. The van der Waals surface area contributed by atoms with E-state index in [9.17, 15) is 9.18 Å². The second-order valence-electron chi connectivity index (χ2n) is 7.46. The zero-order chi connectivity index (χ0) is 20.0. The SMILES string of the molecule is Cc1cc(N2C(=O)c3[nH]nc(CC(C)C)c3C2c2ccc(F)cc2Br)ccn1. The number of benzene rings is 1. The lowest BCUT2D eigenvalue weighted by Crippen LogP contribution is -2.30. The van der Waals surface area contributed by atoms with Crippen LogP contribution in [0.3, 0.4) is 0 Å². The number of amides is 1. The number of nitrogens with zero attached hydrogens (tertiary/aromatic N) is 3. The lowest BCUT2D eigenvalue weighted by Gasteiger charge is -2.27. The largest absolute Gasteiger partial charge is 0.295 e. The average Bonchev–Trinajstić information content (AvgIpc) is 3.14. The number of halogens is 2. The third kappa shape index (κ3) is 3.13. The molecule has 0 saturated heterocycles. The van der Waals surface area contributed by atoms with Gasteiger partial charge in [-0.1, -0.05) is 35.8 Å². The fraction of sp³-hybridized carbons (Fsp3) is 0.286. The minimum atomic E-state index is -0.397. The fourth-order valence-corrected chi connectivity index (χ4v) is 4.29. The predicted octanol–water partition coefficient (Wildman–Crippen LogP) is 4.96. The predicted molar refractivity (Wildman–Crippen MR) is 109 cm³/mol. The molecule has 3 heterocycles. The smallest absolute Gasteiger partial charge is 0.277 e. The number of aromatic amines is 1. The molecular weight excluding hydrogens is 423 g/mol. The number of H-pyrrole nitrogens is 1. The normalized spacial score (nSPS) is 16.1. The number of fused-ring (bicyclic) bond motifs is 1. The van der Waals surface area contributed by atoms with Gasteiger partial charge in [-0.25, -0.2) is 4.39 Å². The average molecular weight is 443 g/mol. The zero-order valence-electron chi connectivity index (χ0n) is 15.8. The quantitative estimate of drug-likeness (QED) is 0.620. The second-order valence-corrected chi connectivity index (χ2v) is 8.31. The van der Waals surface area contributed by atoms with Crippen molar-refractivity contribution in [1.29, 1.82) is 0 Å². The molecular formula is C21H20BrFN4O. The van der Waals surface area contributed by atoms with E-state index in [-0.39, 0.29) is 11.7 Å². The minimum Gasteiger partial charge on any atom is -0.295 e. The van der Waals surface area contributed by atoms with Crippen molar-refractivity contribution in [3.8, 4) is 0 Å². The van der Waals surface area contributed by atoms with Gasteiger partial charge in [-0.2, -0.15) is 5.10 Å². The summed E-state index contributed by atoms with van der Waals surface area (Å²) in [4.78, 5) is 19.3. The van der Waals surface area contributed by atoms with E-state index in [1.54, 1.807) is 17.2 Å². The third-order valence-corrected chi connectivity index (χ3v) is 5.55. The van der Waals surface area contributed by atoms with E-state index in [4.69, 9.17) is 0 Å². The first-order valence-electron chi connectivity index (χ1n) is 9.15. The highest BCUT2D eigenvalue weighted by Crippen LogP contribution is 2.44. The topological polar surface area (TPSA) is 61.9 Å². The van der Waals surface area contributed by atoms with Crippen LogP contribution in [0.15, 0.2) is 41.0 Å².